The summed E-state index contributed by atoms with van der Waals surface area (Å²) in [6.07, 6.45) is 1.70. The first-order chi connectivity index (χ1) is 11.5. The average Bonchev–Trinajstić information content (AvgIpc) is 2.94. The third kappa shape index (κ3) is 3.21. The van der Waals surface area contributed by atoms with Crippen molar-refractivity contribution in [3.8, 4) is 0 Å². The average molecular weight is 342 g/mol. The van der Waals surface area contributed by atoms with Gasteiger partial charge in [0.1, 0.15) is 0 Å². The molecule has 124 valence electrons. The molecule has 0 radical (unpaired) electrons. The minimum absolute atomic E-state index is 0.180. The van der Waals surface area contributed by atoms with Crippen molar-refractivity contribution in [2.75, 3.05) is 5.32 Å². The fourth-order valence-electron chi connectivity index (χ4n) is 2.44. The number of aromatic nitrogens is 3. The summed E-state index contributed by atoms with van der Waals surface area (Å²) in [7, 11) is 0. The number of nitrogens with one attached hydrogen (secondary N) is 1. The van der Waals surface area contributed by atoms with E-state index in [0.717, 1.165) is 4.88 Å². The molecular weight excluding hydrogens is 324 g/mol. The smallest absolute Gasteiger partial charge is 0.278 e. The number of anilines is 1. The summed E-state index contributed by atoms with van der Waals surface area (Å²) in [5.74, 6) is -0.119. The molecule has 6 nitrogen and oxygen atoms in total. The second-order valence-corrected chi connectivity index (χ2v) is 7.24. The van der Waals surface area contributed by atoms with Crippen molar-refractivity contribution in [3.05, 3.63) is 51.4 Å². The van der Waals surface area contributed by atoms with Crippen LogP contribution in [0.1, 0.15) is 29.2 Å². The number of carbonyl (C=O) groups excluding carboxylic acids is 1. The fourth-order valence-corrected chi connectivity index (χ4v) is 3.10. The van der Waals surface area contributed by atoms with E-state index < -0.39 is 0 Å². The number of carbonyl (C=O) groups is 1. The predicted molar refractivity (Wildman–Crippen MR) is 95.6 cm³/mol. The molecule has 2 aromatic heterocycles. The van der Waals surface area contributed by atoms with Gasteiger partial charge in [0.25, 0.3) is 11.5 Å². The predicted octanol–water partition coefficient (Wildman–Crippen LogP) is 3.07. The van der Waals surface area contributed by atoms with Crippen LogP contribution in [0.25, 0.3) is 10.8 Å². The van der Waals surface area contributed by atoms with Crippen molar-refractivity contribution < 1.29 is 4.79 Å². The van der Waals surface area contributed by atoms with Crippen LogP contribution in [0.5, 0.6) is 0 Å². The number of amides is 1. The maximum atomic E-state index is 12.7. The van der Waals surface area contributed by atoms with Crippen LogP contribution in [-0.2, 0) is 6.54 Å². The van der Waals surface area contributed by atoms with Crippen molar-refractivity contribution in [2.45, 2.75) is 27.3 Å². The quantitative estimate of drug-likeness (QED) is 0.790. The van der Waals surface area contributed by atoms with E-state index in [9.17, 15) is 9.59 Å². The topological polar surface area (TPSA) is 76.9 Å². The summed E-state index contributed by atoms with van der Waals surface area (Å²) in [5, 5.41) is 8.64. The van der Waals surface area contributed by atoms with Gasteiger partial charge in [0.15, 0.2) is 10.8 Å². The number of aryl methyl sites for hydroxylation is 1. The Morgan fingerprint density at radius 2 is 2.00 bits per heavy atom. The number of benzene rings is 1. The van der Waals surface area contributed by atoms with Crippen molar-refractivity contribution in [3.63, 3.8) is 0 Å². The lowest BCUT2D eigenvalue weighted by Gasteiger charge is -2.12. The zero-order valence-corrected chi connectivity index (χ0v) is 14.6. The van der Waals surface area contributed by atoms with Gasteiger partial charge >= 0.3 is 0 Å². The molecule has 3 aromatic rings. The van der Waals surface area contributed by atoms with Gasteiger partial charge in [-0.05, 0) is 18.9 Å². The maximum Gasteiger partial charge on any atom is 0.278 e. The van der Waals surface area contributed by atoms with Gasteiger partial charge < -0.3 is 0 Å². The van der Waals surface area contributed by atoms with E-state index in [4.69, 9.17) is 0 Å². The van der Waals surface area contributed by atoms with Crippen LogP contribution in [-0.4, -0.2) is 20.7 Å². The van der Waals surface area contributed by atoms with Crippen LogP contribution in [0.2, 0.25) is 0 Å². The zero-order valence-electron chi connectivity index (χ0n) is 13.7. The third-order valence-electron chi connectivity index (χ3n) is 3.46. The van der Waals surface area contributed by atoms with Crippen LogP contribution in [0, 0.1) is 12.8 Å². The first-order valence-electron chi connectivity index (χ1n) is 7.69. The van der Waals surface area contributed by atoms with Crippen molar-refractivity contribution in [1.29, 1.82) is 0 Å². The Morgan fingerprint density at radius 1 is 1.29 bits per heavy atom. The van der Waals surface area contributed by atoms with Gasteiger partial charge in [0.2, 0.25) is 0 Å². The minimum Gasteiger partial charge on any atom is -0.296 e. The Hall–Kier alpha value is -2.54. The number of rotatable bonds is 4. The highest BCUT2D eigenvalue weighted by Crippen LogP contribution is 2.19. The zero-order chi connectivity index (χ0) is 17.3. The van der Waals surface area contributed by atoms with E-state index in [1.165, 1.54) is 16.0 Å². The number of nitrogens with zero attached hydrogens (tertiary/aromatic N) is 3. The molecule has 0 fully saturated rings. The van der Waals surface area contributed by atoms with Crippen molar-refractivity contribution >= 4 is 33.1 Å². The summed E-state index contributed by atoms with van der Waals surface area (Å²) in [5.41, 5.74) is 0.0552. The molecule has 0 bridgehead atoms. The maximum absolute atomic E-state index is 12.7. The van der Waals surface area contributed by atoms with Gasteiger partial charge in [-0.25, -0.2) is 9.67 Å². The lowest BCUT2D eigenvalue weighted by molar-refractivity contribution is 0.102. The summed E-state index contributed by atoms with van der Waals surface area (Å²) in [4.78, 5) is 30.4. The number of fused-ring (bicyclic) bond motifs is 1. The number of hydrogen-bond donors (Lipinski definition) is 1. The lowest BCUT2D eigenvalue weighted by atomic mass is 10.1. The molecule has 0 spiro atoms. The van der Waals surface area contributed by atoms with Crippen LogP contribution in [0.3, 0.4) is 0 Å². The van der Waals surface area contributed by atoms with Crippen LogP contribution >= 0.6 is 11.3 Å². The summed E-state index contributed by atoms with van der Waals surface area (Å²) < 4.78 is 1.37. The van der Waals surface area contributed by atoms with Gasteiger partial charge in [-0.3, -0.25) is 14.9 Å². The Bertz CT molecular complexity index is 959. The normalized spacial score (nSPS) is 11.2. The van der Waals surface area contributed by atoms with Gasteiger partial charge in [-0.2, -0.15) is 5.10 Å². The van der Waals surface area contributed by atoms with Crippen LogP contribution < -0.4 is 10.9 Å². The second kappa shape index (κ2) is 6.52. The molecule has 7 heteroatoms. The molecule has 3 rings (SSSR count). The van der Waals surface area contributed by atoms with Gasteiger partial charge in [-0.1, -0.05) is 32.0 Å². The van der Waals surface area contributed by atoms with E-state index >= 15 is 0 Å². The van der Waals surface area contributed by atoms with E-state index in [1.807, 2.05) is 20.8 Å². The first-order valence-corrected chi connectivity index (χ1v) is 8.51. The Labute approximate surface area is 143 Å². The summed E-state index contributed by atoms with van der Waals surface area (Å²) in [6.45, 7) is 6.38. The van der Waals surface area contributed by atoms with Gasteiger partial charge in [0, 0.05) is 23.0 Å². The molecular formula is C17H18N4O2S. The molecule has 0 unspecified atom stereocenters. The standard InChI is InChI=1S/C17H18N4O2S/c1-10(2)9-21-16(23)13-7-5-4-6-12(13)14(20-21)15(22)19-17-18-8-11(3)24-17/h4-8,10H,9H2,1-3H3,(H,18,19,22). The van der Waals surface area contributed by atoms with E-state index in [-0.39, 0.29) is 23.1 Å². The summed E-state index contributed by atoms with van der Waals surface area (Å²) in [6, 6.07) is 7.04. The minimum atomic E-state index is -0.363. The van der Waals surface area contributed by atoms with E-state index in [2.05, 4.69) is 15.4 Å². The largest absolute Gasteiger partial charge is 0.296 e. The molecule has 0 aliphatic carbocycles. The SMILES string of the molecule is Cc1cnc(NC(=O)c2nn(CC(C)C)c(=O)c3ccccc23)s1. The second-order valence-electron chi connectivity index (χ2n) is 6.01. The highest BCUT2D eigenvalue weighted by molar-refractivity contribution is 7.15. The molecule has 0 saturated carbocycles. The number of thiazole rings is 1. The molecule has 1 aromatic carbocycles. The fraction of sp³-hybridized carbons (Fsp3) is 0.294. The third-order valence-corrected chi connectivity index (χ3v) is 4.29. The monoisotopic (exact) mass is 342 g/mol. The molecule has 2 heterocycles. The molecule has 0 aliphatic heterocycles. The highest BCUT2D eigenvalue weighted by atomic mass is 32.1. The van der Waals surface area contributed by atoms with E-state index in [0.29, 0.717) is 22.4 Å². The molecule has 0 atom stereocenters. The first kappa shape index (κ1) is 16.3. The molecule has 24 heavy (non-hydrogen) atoms. The van der Waals surface area contributed by atoms with Crippen LogP contribution in [0.4, 0.5) is 5.13 Å². The lowest BCUT2D eigenvalue weighted by Crippen LogP contribution is -2.29. The Morgan fingerprint density at radius 3 is 2.62 bits per heavy atom. The molecule has 0 saturated heterocycles. The number of hydrogen-bond acceptors (Lipinski definition) is 5. The van der Waals surface area contributed by atoms with Crippen LogP contribution in [0.15, 0.2) is 35.3 Å². The van der Waals surface area contributed by atoms with E-state index in [1.54, 1.807) is 30.5 Å². The Kier molecular flexibility index (Phi) is 4.44. The Balaban J connectivity index is 2.10. The summed E-state index contributed by atoms with van der Waals surface area (Å²) >= 11 is 1.39. The highest BCUT2D eigenvalue weighted by Gasteiger charge is 2.18. The van der Waals surface area contributed by atoms with Gasteiger partial charge in [-0.15, -0.1) is 11.3 Å². The molecule has 1 N–H and O–H groups in total. The van der Waals surface area contributed by atoms with Crippen molar-refractivity contribution in [1.82, 2.24) is 14.8 Å². The van der Waals surface area contributed by atoms with Crippen molar-refractivity contribution in [2.24, 2.45) is 5.92 Å². The molecule has 1 amide bonds. The van der Waals surface area contributed by atoms with Gasteiger partial charge in [0.05, 0.1) is 5.39 Å². The molecule has 0 aliphatic rings.